The minimum atomic E-state index is -4.62. The van der Waals surface area contributed by atoms with Crippen LogP contribution in [0.4, 0.5) is 13.2 Å². The highest BCUT2D eigenvalue weighted by Crippen LogP contribution is 2.34. The van der Waals surface area contributed by atoms with E-state index in [1.54, 1.807) is 30.0 Å². The number of thioether (sulfide) groups is 1. The van der Waals surface area contributed by atoms with Gasteiger partial charge >= 0.3 is 6.18 Å². The summed E-state index contributed by atoms with van der Waals surface area (Å²) in [5.74, 6) is -1.24. The maximum absolute atomic E-state index is 13.0. The number of carbonyl (C=O) groups excluding carboxylic acids is 1. The van der Waals surface area contributed by atoms with Crippen LogP contribution >= 0.6 is 11.8 Å². The molecule has 2 aromatic rings. The molecule has 1 aromatic carbocycles. The van der Waals surface area contributed by atoms with E-state index < -0.39 is 17.3 Å². The highest BCUT2D eigenvalue weighted by atomic mass is 32.2. The second kappa shape index (κ2) is 6.58. The normalized spacial score (nSPS) is 16.6. The van der Waals surface area contributed by atoms with Crippen molar-refractivity contribution in [3.8, 4) is 0 Å². The van der Waals surface area contributed by atoms with Gasteiger partial charge in [-0.1, -0.05) is 30.0 Å². The molecule has 1 fully saturated rings. The number of hydrogen-bond acceptors (Lipinski definition) is 4. The van der Waals surface area contributed by atoms with Crippen molar-refractivity contribution in [2.45, 2.75) is 36.2 Å². The number of benzene rings is 1. The van der Waals surface area contributed by atoms with Crippen molar-refractivity contribution in [1.29, 1.82) is 0 Å². The van der Waals surface area contributed by atoms with Crippen LogP contribution in [0.2, 0.25) is 0 Å². The van der Waals surface area contributed by atoms with Crippen LogP contribution in [0.1, 0.15) is 25.6 Å². The molecule has 4 nitrogen and oxygen atoms in total. The number of nitrogens with zero attached hydrogens (tertiary/aromatic N) is 3. The predicted octanol–water partition coefficient (Wildman–Crippen LogP) is 3.75. The molecule has 0 bridgehead atoms. The second-order valence-corrected chi connectivity index (χ2v) is 6.99. The number of hydrogen-bond donors (Lipinski definition) is 0. The van der Waals surface area contributed by atoms with Gasteiger partial charge in [0, 0.05) is 18.5 Å². The molecule has 1 atom stereocenters. The van der Waals surface area contributed by atoms with Crippen LogP contribution in [-0.2, 0) is 11.0 Å². The molecule has 8 heteroatoms. The van der Waals surface area contributed by atoms with Crippen molar-refractivity contribution >= 4 is 28.6 Å². The number of aromatic nitrogens is 2. The summed E-state index contributed by atoms with van der Waals surface area (Å²) in [6.07, 6.45) is -2.68. The first-order valence-corrected chi connectivity index (χ1v) is 8.53. The summed E-state index contributed by atoms with van der Waals surface area (Å²) in [4.78, 5) is 21.4. The minimum absolute atomic E-state index is 0.0613. The standard InChI is InChI=1S/C16H16F3N3OS/c1-10(14(23)22-8-4-5-9-22)24-13-11-6-2-3-7-12(11)20-15(21-13)16(17,18)19/h2-3,6-7,10H,4-5,8-9H2,1H3/t10-/m1/s1. The van der Waals surface area contributed by atoms with Crippen LogP contribution in [0, 0.1) is 0 Å². The first-order valence-electron chi connectivity index (χ1n) is 7.65. The number of likely N-dealkylation sites (tertiary alicyclic amines) is 1. The number of para-hydroxylation sites is 1. The summed E-state index contributed by atoms with van der Waals surface area (Å²) < 4.78 is 39.1. The SMILES string of the molecule is C[C@@H](Sc1nc(C(F)(F)F)nc2ccccc12)C(=O)N1CCCC1. The highest BCUT2D eigenvalue weighted by Gasteiger charge is 2.36. The van der Waals surface area contributed by atoms with Gasteiger partial charge < -0.3 is 4.90 Å². The van der Waals surface area contributed by atoms with Gasteiger partial charge in [0.15, 0.2) is 0 Å². The third-order valence-corrected chi connectivity index (χ3v) is 4.97. The molecule has 24 heavy (non-hydrogen) atoms. The Hall–Kier alpha value is -1.83. The van der Waals surface area contributed by atoms with E-state index in [4.69, 9.17) is 0 Å². The van der Waals surface area contributed by atoms with E-state index >= 15 is 0 Å². The van der Waals surface area contributed by atoms with Crippen molar-refractivity contribution in [3.05, 3.63) is 30.1 Å². The van der Waals surface area contributed by atoms with E-state index in [9.17, 15) is 18.0 Å². The van der Waals surface area contributed by atoms with E-state index in [0.29, 0.717) is 18.5 Å². The second-order valence-electron chi connectivity index (χ2n) is 5.66. The zero-order valence-corrected chi connectivity index (χ0v) is 13.8. The minimum Gasteiger partial charge on any atom is -0.342 e. The summed E-state index contributed by atoms with van der Waals surface area (Å²) in [6.45, 7) is 3.12. The Kier molecular flexibility index (Phi) is 4.67. The molecule has 1 aromatic heterocycles. The first kappa shape index (κ1) is 17.0. The lowest BCUT2D eigenvalue weighted by molar-refractivity contribution is -0.145. The molecule has 1 amide bonds. The Labute approximate surface area is 141 Å². The fraction of sp³-hybridized carbons (Fsp3) is 0.438. The lowest BCUT2D eigenvalue weighted by Crippen LogP contribution is -2.34. The molecular formula is C16H16F3N3OS. The van der Waals surface area contributed by atoms with Gasteiger partial charge in [-0.3, -0.25) is 4.79 Å². The molecule has 1 aliphatic rings. The third kappa shape index (κ3) is 3.48. The zero-order chi connectivity index (χ0) is 17.3. The zero-order valence-electron chi connectivity index (χ0n) is 13.0. The van der Waals surface area contributed by atoms with Gasteiger partial charge in [-0.25, -0.2) is 9.97 Å². The molecule has 2 heterocycles. The Morgan fingerprint density at radius 3 is 2.54 bits per heavy atom. The van der Waals surface area contributed by atoms with Gasteiger partial charge in [-0.05, 0) is 25.8 Å². The fourth-order valence-corrected chi connectivity index (χ4v) is 3.70. The number of amides is 1. The van der Waals surface area contributed by atoms with Crippen LogP contribution in [-0.4, -0.2) is 39.1 Å². The Balaban J connectivity index is 1.93. The topological polar surface area (TPSA) is 46.1 Å². The van der Waals surface area contributed by atoms with Crippen LogP contribution in [0.5, 0.6) is 0 Å². The Morgan fingerprint density at radius 2 is 1.88 bits per heavy atom. The molecule has 0 N–H and O–H groups in total. The molecular weight excluding hydrogens is 339 g/mol. The number of halogens is 3. The van der Waals surface area contributed by atoms with Gasteiger partial charge in [-0.2, -0.15) is 13.2 Å². The molecule has 0 radical (unpaired) electrons. The van der Waals surface area contributed by atoms with E-state index in [1.807, 2.05) is 0 Å². The van der Waals surface area contributed by atoms with E-state index in [2.05, 4.69) is 9.97 Å². The van der Waals surface area contributed by atoms with E-state index in [-0.39, 0.29) is 16.4 Å². The van der Waals surface area contributed by atoms with Crippen molar-refractivity contribution < 1.29 is 18.0 Å². The summed E-state index contributed by atoms with van der Waals surface area (Å²) in [5.41, 5.74) is 0.225. The maximum Gasteiger partial charge on any atom is 0.451 e. The van der Waals surface area contributed by atoms with Gasteiger partial charge in [0.25, 0.3) is 0 Å². The molecule has 3 rings (SSSR count). The third-order valence-electron chi connectivity index (χ3n) is 3.88. The van der Waals surface area contributed by atoms with Gasteiger partial charge in [0.05, 0.1) is 10.8 Å². The summed E-state index contributed by atoms with van der Waals surface area (Å²) >= 11 is 1.06. The monoisotopic (exact) mass is 355 g/mol. The van der Waals surface area contributed by atoms with Crippen LogP contribution < -0.4 is 0 Å². The van der Waals surface area contributed by atoms with Gasteiger partial charge in [0.2, 0.25) is 11.7 Å². The van der Waals surface area contributed by atoms with Gasteiger partial charge in [-0.15, -0.1) is 0 Å². The summed E-state index contributed by atoms with van der Waals surface area (Å²) in [6, 6.07) is 6.53. The molecule has 128 valence electrons. The van der Waals surface area contributed by atoms with Crippen LogP contribution in [0.25, 0.3) is 10.9 Å². The first-order chi connectivity index (χ1) is 11.4. The van der Waals surface area contributed by atoms with Crippen molar-refractivity contribution in [1.82, 2.24) is 14.9 Å². The van der Waals surface area contributed by atoms with Crippen LogP contribution in [0.3, 0.4) is 0 Å². The molecule has 0 aliphatic carbocycles. The quantitative estimate of drug-likeness (QED) is 0.621. The van der Waals surface area contributed by atoms with Crippen LogP contribution in [0.15, 0.2) is 29.3 Å². The average molecular weight is 355 g/mol. The largest absolute Gasteiger partial charge is 0.451 e. The molecule has 0 unspecified atom stereocenters. The molecule has 1 saturated heterocycles. The number of fused-ring (bicyclic) bond motifs is 1. The molecule has 0 saturated carbocycles. The fourth-order valence-electron chi connectivity index (χ4n) is 2.68. The number of alkyl halides is 3. The molecule has 0 spiro atoms. The summed E-state index contributed by atoms with van der Waals surface area (Å²) in [5, 5.41) is 0.215. The van der Waals surface area contributed by atoms with Crippen molar-refractivity contribution in [2.24, 2.45) is 0 Å². The average Bonchev–Trinajstić information content (AvgIpc) is 3.07. The van der Waals surface area contributed by atoms with Crippen molar-refractivity contribution in [2.75, 3.05) is 13.1 Å². The Bertz CT molecular complexity index is 760. The highest BCUT2D eigenvalue weighted by molar-refractivity contribution is 8.00. The predicted molar refractivity (Wildman–Crippen MR) is 85.7 cm³/mol. The lowest BCUT2D eigenvalue weighted by atomic mass is 10.2. The maximum atomic E-state index is 13.0. The lowest BCUT2D eigenvalue weighted by Gasteiger charge is -2.20. The van der Waals surface area contributed by atoms with E-state index in [0.717, 1.165) is 24.6 Å². The van der Waals surface area contributed by atoms with E-state index in [1.165, 1.54) is 6.07 Å². The Morgan fingerprint density at radius 1 is 1.21 bits per heavy atom. The number of carbonyl (C=O) groups is 1. The summed E-state index contributed by atoms with van der Waals surface area (Å²) in [7, 11) is 0. The molecule has 1 aliphatic heterocycles. The van der Waals surface area contributed by atoms with Crippen molar-refractivity contribution in [3.63, 3.8) is 0 Å². The smallest absolute Gasteiger partial charge is 0.342 e. The number of rotatable bonds is 3. The van der Waals surface area contributed by atoms with Gasteiger partial charge in [0.1, 0.15) is 5.03 Å².